The molecule has 1 aromatic carbocycles. The molecular weight excluding hydrogens is 398 g/mol. The second kappa shape index (κ2) is 8.12. The molecule has 1 atom stereocenters. The van der Waals surface area contributed by atoms with Crippen molar-refractivity contribution in [3.63, 3.8) is 0 Å². The highest BCUT2D eigenvalue weighted by molar-refractivity contribution is 7.92. The standard InChI is InChI=1S/C19H21N3O4S2/c23-18(16-7-4-11-26-16)21-19-20-15-8-10-22(13-17(15)27-19)28(24,25)12-9-14-5-2-1-3-6-14/h1-3,5-6,9,12,16H,4,7-8,10-11,13H2,(H,20,21,23). The molecule has 1 saturated heterocycles. The van der Waals surface area contributed by atoms with Gasteiger partial charge in [0.15, 0.2) is 5.13 Å². The Bertz CT molecular complexity index is 980. The van der Waals surface area contributed by atoms with Gasteiger partial charge in [0.25, 0.3) is 5.91 Å². The minimum atomic E-state index is -3.53. The number of ether oxygens (including phenoxy) is 1. The zero-order chi connectivity index (χ0) is 19.6. The number of nitrogens with one attached hydrogen (secondary N) is 1. The minimum absolute atomic E-state index is 0.182. The van der Waals surface area contributed by atoms with Gasteiger partial charge >= 0.3 is 0 Å². The van der Waals surface area contributed by atoms with Gasteiger partial charge in [-0.25, -0.2) is 13.4 Å². The number of sulfonamides is 1. The molecule has 0 radical (unpaired) electrons. The fourth-order valence-electron chi connectivity index (χ4n) is 3.23. The van der Waals surface area contributed by atoms with Gasteiger partial charge in [0, 0.05) is 29.9 Å². The van der Waals surface area contributed by atoms with Crippen LogP contribution in [0.3, 0.4) is 0 Å². The Morgan fingerprint density at radius 1 is 1.32 bits per heavy atom. The highest BCUT2D eigenvalue weighted by Crippen LogP contribution is 2.30. The molecule has 2 aliphatic rings. The number of benzene rings is 1. The third-order valence-corrected chi connectivity index (χ3v) is 7.25. The number of hydrogen-bond acceptors (Lipinski definition) is 6. The van der Waals surface area contributed by atoms with E-state index in [2.05, 4.69) is 10.3 Å². The van der Waals surface area contributed by atoms with Crippen LogP contribution in [0.2, 0.25) is 0 Å². The van der Waals surface area contributed by atoms with E-state index in [4.69, 9.17) is 4.74 Å². The SMILES string of the molecule is O=C(Nc1nc2c(s1)CN(S(=O)(=O)C=Cc1ccccc1)CC2)C1CCCO1. The van der Waals surface area contributed by atoms with E-state index in [0.717, 1.165) is 29.0 Å². The van der Waals surface area contributed by atoms with Gasteiger partial charge in [0.1, 0.15) is 6.10 Å². The largest absolute Gasteiger partial charge is 0.368 e. The Kier molecular flexibility index (Phi) is 5.58. The van der Waals surface area contributed by atoms with E-state index < -0.39 is 16.1 Å². The molecular formula is C19H21N3O4S2. The molecule has 1 N–H and O–H groups in total. The smallest absolute Gasteiger partial charge is 0.255 e. The summed E-state index contributed by atoms with van der Waals surface area (Å²) in [5.74, 6) is -0.182. The molecule has 3 heterocycles. The first kappa shape index (κ1) is 19.3. The van der Waals surface area contributed by atoms with Crippen LogP contribution in [0, 0.1) is 0 Å². The lowest BCUT2D eigenvalue weighted by atomic mass is 10.2. The summed E-state index contributed by atoms with van der Waals surface area (Å²) in [6.07, 6.45) is 3.32. The molecule has 148 valence electrons. The van der Waals surface area contributed by atoms with Crippen LogP contribution in [0.4, 0.5) is 5.13 Å². The van der Waals surface area contributed by atoms with Crippen LogP contribution >= 0.6 is 11.3 Å². The Morgan fingerprint density at radius 3 is 2.89 bits per heavy atom. The molecule has 2 aliphatic heterocycles. The third kappa shape index (κ3) is 4.33. The van der Waals surface area contributed by atoms with Crippen molar-refractivity contribution in [2.75, 3.05) is 18.5 Å². The van der Waals surface area contributed by atoms with Crippen molar-refractivity contribution in [3.05, 3.63) is 51.9 Å². The quantitative estimate of drug-likeness (QED) is 0.805. The molecule has 1 fully saturated rings. The number of nitrogens with zero attached hydrogens (tertiary/aromatic N) is 2. The van der Waals surface area contributed by atoms with Crippen LogP contribution in [0.25, 0.3) is 6.08 Å². The van der Waals surface area contributed by atoms with E-state index in [-0.39, 0.29) is 12.5 Å². The average Bonchev–Trinajstić information content (AvgIpc) is 3.36. The highest BCUT2D eigenvalue weighted by atomic mass is 32.2. The average molecular weight is 420 g/mol. The van der Waals surface area contributed by atoms with Gasteiger partial charge < -0.3 is 4.74 Å². The number of carbonyl (C=O) groups is 1. The number of amides is 1. The summed E-state index contributed by atoms with van der Waals surface area (Å²) < 4.78 is 32.2. The zero-order valence-corrected chi connectivity index (χ0v) is 16.8. The lowest BCUT2D eigenvalue weighted by Gasteiger charge is -2.23. The number of rotatable bonds is 5. The molecule has 1 amide bonds. The topological polar surface area (TPSA) is 88.6 Å². The van der Waals surface area contributed by atoms with Crippen LogP contribution in [0.5, 0.6) is 0 Å². The maximum atomic E-state index is 12.7. The normalized spacial score (nSPS) is 20.4. The Balaban J connectivity index is 1.43. The second-order valence-electron chi connectivity index (χ2n) is 6.72. The van der Waals surface area contributed by atoms with E-state index in [1.54, 1.807) is 6.08 Å². The van der Waals surface area contributed by atoms with Gasteiger partial charge in [-0.05, 0) is 24.5 Å². The van der Waals surface area contributed by atoms with Gasteiger partial charge in [-0.1, -0.05) is 30.3 Å². The number of thiazole rings is 1. The fraction of sp³-hybridized carbons (Fsp3) is 0.368. The summed E-state index contributed by atoms with van der Waals surface area (Å²) in [5, 5.41) is 4.55. The van der Waals surface area contributed by atoms with Crippen LogP contribution in [-0.2, 0) is 32.5 Å². The van der Waals surface area contributed by atoms with Crippen LogP contribution in [0.15, 0.2) is 35.7 Å². The number of carbonyl (C=O) groups excluding carboxylic acids is 1. The lowest BCUT2D eigenvalue weighted by Crippen LogP contribution is -2.34. The maximum Gasteiger partial charge on any atom is 0.255 e. The van der Waals surface area contributed by atoms with Crippen molar-refractivity contribution in [1.29, 1.82) is 0 Å². The van der Waals surface area contributed by atoms with Crippen molar-refractivity contribution in [2.24, 2.45) is 0 Å². The first-order valence-electron chi connectivity index (χ1n) is 9.15. The Hall–Kier alpha value is -2.07. The molecule has 1 aromatic heterocycles. The summed E-state index contributed by atoms with van der Waals surface area (Å²) in [6.45, 7) is 1.25. The lowest BCUT2D eigenvalue weighted by molar-refractivity contribution is -0.124. The van der Waals surface area contributed by atoms with Crippen LogP contribution in [-0.4, -0.2) is 42.9 Å². The second-order valence-corrected chi connectivity index (χ2v) is 9.62. The van der Waals surface area contributed by atoms with Crippen LogP contribution in [0.1, 0.15) is 29.0 Å². The molecule has 0 bridgehead atoms. The summed E-state index contributed by atoms with van der Waals surface area (Å²) in [6, 6.07) is 9.32. The number of aromatic nitrogens is 1. The Morgan fingerprint density at radius 2 is 2.14 bits per heavy atom. The molecule has 2 aromatic rings. The fourth-order valence-corrected chi connectivity index (χ4v) is 5.49. The summed E-state index contributed by atoms with van der Waals surface area (Å²) >= 11 is 1.33. The van der Waals surface area contributed by atoms with Crippen molar-refractivity contribution in [1.82, 2.24) is 9.29 Å². The summed E-state index contributed by atoms with van der Waals surface area (Å²) in [7, 11) is -3.53. The van der Waals surface area contributed by atoms with Crippen molar-refractivity contribution in [2.45, 2.75) is 31.9 Å². The molecule has 28 heavy (non-hydrogen) atoms. The first-order valence-corrected chi connectivity index (χ1v) is 11.5. The van der Waals surface area contributed by atoms with Gasteiger partial charge in [-0.2, -0.15) is 4.31 Å². The molecule has 7 nitrogen and oxygen atoms in total. The van der Waals surface area contributed by atoms with E-state index in [0.29, 0.717) is 24.7 Å². The molecule has 9 heteroatoms. The Labute approximate surface area is 168 Å². The molecule has 4 rings (SSSR count). The van der Waals surface area contributed by atoms with Crippen LogP contribution < -0.4 is 5.32 Å². The monoisotopic (exact) mass is 419 g/mol. The van der Waals surface area contributed by atoms with Crippen molar-refractivity contribution in [3.8, 4) is 0 Å². The minimum Gasteiger partial charge on any atom is -0.368 e. The predicted molar refractivity (Wildman–Crippen MR) is 108 cm³/mol. The van der Waals surface area contributed by atoms with Crippen molar-refractivity contribution >= 4 is 38.5 Å². The summed E-state index contributed by atoms with van der Waals surface area (Å²) in [4.78, 5) is 17.5. The predicted octanol–water partition coefficient (Wildman–Crippen LogP) is 2.62. The molecule has 0 saturated carbocycles. The van der Waals surface area contributed by atoms with E-state index in [1.165, 1.54) is 21.1 Å². The van der Waals surface area contributed by atoms with Gasteiger partial charge in [0.2, 0.25) is 10.0 Å². The zero-order valence-electron chi connectivity index (χ0n) is 15.2. The highest BCUT2D eigenvalue weighted by Gasteiger charge is 2.29. The van der Waals surface area contributed by atoms with E-state index in [1.807, 2.05) is 30.3 Å². The molecule has 0 aliphatic carbocycles. The van der Waals surface area contributed by atoms with Gasteiger partial charge in [-0.3, -0.25) is 10.1 Å². The first-order chi connectivity index (χ1) is 13.5. The van der Waals surface area contributed by atoms with Gasteiger partial charge in [0.05, 0.1) is 12.2 Å². The van der Waals surface area contributed by atoms with Crippen molar-refractivity contribution < 1.29 is 17.9 Å². The third-order valence-electron chi connectivity index (χ3n) is 4.74. The maximum absolute atomic E-state index is 12.7. The van der Waals surface area contributed by atoms with Gasteiger partial charge in [-0.15, -0.1) is 11.3 Å². The molecule has 0 spiro atoms. The molecule has 1 unspecified atom stereocenters. The van der Waals surface area contributed by atoms with E-state index >= 15 is 0 Å². The van der Waals surface area contributed by atoms with E-state index in [9.17, 15) is 13.2 Å². The number of anilines is 1. The number of hydrogen-bond donors (Lipinski definition) is 1. The summed E-state index contributed by atoms with van der Waals surface area (Å²) in [5.41, 5.74) is 1.69. The number of fused-ring (bicyclic) bond motifs is 1.